The van der Waals surface area contributed by atoms with Crippen molar-refractivity contribution in [2.45, 2.75) is 6.92 Å². The number of benzene rings is 8. The fraction of sp³-hybridized carbons (Fsp3) is 0.0217. The Morgan fingerprint density at radius 2 is 1.26 bits per heavy atom. The lowest BCUT2D eigenvalue weighted by atomic mass is 9.92. The van der Waals surface area contributed by atoms with Gasteiger partial charge in [0.1, 0.15) is 16.7 Å². The van der Waals surface area contributed by atoms with E-state index in [1.807, 2.05) is 24.3 Å². The number of rotatable bonds is 2. The number of aromatic nitrogens is 2. The fourth-order valence-corrected chi connectivity index (χ4v) is 8.72. The maximum atomic E-state index is 6.65. The van der Waals surface area contributed by atoms with Crippen LogP contribution >= 0.6 is 0 Å². The molecule has 11 aromatic rings. The second kappa shape index (κ2) is 9.28. The van der Waals surface area contributed by atoms with Crippen LogP contribution < -0.4 is 0 Å². The summed E-state index contributed by atoms with van der Waals surface area (Å²) in [7, 11) is 0. The monoisotopic (exact) mass is 638 g/mol. The van der Waals surface area contributed by atoms with Crippen LogP contribution in [0.5, 0.6) is 0 Å². The standard InChI is InChI=1S/C46H26N2O2/c1-25-21-26-17-19-39-44-42(26)34(22-25)29-10-3-2-9-28(29)31-13-8-15-38(43(31)44)48(39)27-18-20-40-33(23-27)35-24-36(30-11-4-5-12-32(30)45(35)49-40)46-47-37-14-6-7-16-41(37)50-46/h2-24H,1H3. The number of para-hydroxylation sites is 2. The number of fused-ring (bicyclic) bond motifs is 9. The number of aryl methyl sites for hydroxylation is 1. The minimum Gasteiger partial charge on any atom is -0.455 e. The minimum atomic E-state index is 0.609. The molecule has 0 radical (unpaired) electrons. The van der Waals surface area contributed by atoms with Gasteiger partial charge >= 0.3 is 0 Å². The second-order valence-corrected chi connectivity index (χ2v) is 13.6. The summed E-state index contributed by atoms with van der Waals surface area (Å²) in [6.45, 7) is 2.20. The maximum Gasteiger partial charge on any atom is 0.227 e. The molecular formula is C46H26N2O2. The average molecular weight is 639 g/mol. The third kappa shape index (κ3) is 3.32. The first-order chi connectivity index (χ1) is 24.7. The molecule has 0 bridgehead atoms. The number of furan rings is 1. The molecule has 3 aromatic heterocycles. The van der Waals surface area contributed by atoms with Gasteiger partial charge < -0.3 is 13.4 Å². The first kappa shape index (κ1) is 26.3. The predicted molar refractivity (Wildman–Crippen MR) is 205 cm³/mol. The summed E-state index contributed by atoms with van der Waals surface area (Å²) in [6, 6.07) is 50.0. The fourth-order valence-electron chi connectivity index (χ4n) is 8.72. The van der Waals surface area contributed by atoms with Gasteiger partial charge in [0.2, 0.25) is 5.89 Å². The van der Waals surface area contributed by atoms with Crippen LogP contribution in [0.2, 0.25) is 0 Å². The van der Waals surface area contributed by atoms with Crippen molar-refractivity contribution in [1.29, 1.82) is 0 Å². The molecule has 0 amide bonds. The van der Waals surface area contributed by atoms with Crippen LogP contribution in [0, 0.1) is 6.92 Å². The molecule has 50 heavy (non-hydrogen) atoms. The zero-order chi connectivity index (χ0) is 32.7. The Morgan fingerprint density at radius 3 is 2.16 bits per heavy atom. The minimum absolute atomic E-state index is 0.609. The number of oxazole rings is 1. The van der Waals surface area contributed by atoms with Gasteiger partial charge in [-0.3, -0.25) is 0 Å². The number of hydrogen-bond acceptors (Lipinski definition) is 3. The molecule has 12 rings (SSSR count). The van der Waals surface area contributed by atoms with E-state index in [0.29, 0.717) is 5.89 Å². The Bertz CT molecular complexity index is 3250. The van der Waals surface area contributed by atoms with E-state index < -0.39 is 0 Å². The number of nitrogens with zero attached hydrogens (tertiary/aromatic N) is 2. The van der Waals surface area contributed by atoms with Crippen LogP contribution in [-0.4, -0.2) is 9.55 Å². The van der Waals surface area contributed by atoms with Crippen LogP contribution in [-0.2, 0) is 0 Å². The highest BCUT2D eigenvalue weighted by molar-refractivity contribution is 6.30. The largest absolute Gasteiger partial charge is 0.455 e. The average Bonchev–Trinajstić information content (AvgIpc) is 3.83. The van der Waals surface area contributed by atoms with Crippen molar-refractivity contribution >= 4 is 76.4 Å². The van der Waals surface area contributed by atoms with E-state index in [9.17, 15) is 0 Å². The van der Waals surface area contributed by atoms with Crippen molar-refractivity contribution in [2.75, 3.05) is 0 Å². The summed E-state index contributed by atoms with van der Waals surface area (Å²) in [5.41, 5.74) is 14.2. The zero-order valence-electron chi connectivity index (χ0n) is 27.0. The van der Waals surface area contributed by atoms with Crippen LogP contribution in [0.3, 0.4) is 0 Å². The topological polar surface area (TPSA) is 44.1 Å². The Morgan fingerprint density at radius 1 is 0.480 bits per heavy atom. The van der Waals surface area contributed by atoms with Crippen molar-refractivity contribution in [3.8, 4) is 39.4 Å². The molecule has 0 saturated heterocycles. The smallest absolute Gasteiger partial charge is 0.227 e. The molecule has 0 saturated carbocycles. The van der Waals surface area contributed by atoms with Gasteiger partial charge in [0, 0.05) is 38.2 Å². The van der Waals surface area contributed by atoms with E-state index >= 15 is 0 Å². The third-order valence-corrected chi connectivity index (χ3v) is 10.8. The van der Waals surface area contributed by atoms with E-state index in [4.69, 9.17) is 13.8 Å². The zero-order valence-corrected chi connectivity index (χ0v) is 27.0. The molecule has 0 aliphatic heterocycles. The molecule has 3 heterocycles. The number of hydrogen-bond donors (Lipinski definition) is 0. The van der Waals surface area contributed by atoms with Crippen molar-refractivity contribution in [1.82, 2.24) is 9.55 Å². The molecule has 0 unspecified atom stereocenters. The first-order valence-electron chi connectivity index (χ1n) is 17.0. The van der Waals surface area contributed by atoms with Crippen LogP contribution in [0.1, 0.15) is 5.56 Å². The Labute approximate surface area is 285 Å². The van der Waals surface area contributed by atoms with Gasteiger partial charge in [0.25, 0.3) is 0 Å². The highest BCUT2D eigenvalue weighted by Gasteiger charge is 2.25. The first-order valence-corrected chi connectivity index (χ1v) is 17.0. The maximum absolute atomic E-state index is 6.65. The van der Waals surface area contributed by atoms with Crippen molar-refractivity contribution in [3.63, 3.8) is 0 Å². The van der Waals surface area contributed by atoms with Gasteiger partial charge in [-0.15, -0.1) is 0 Å². The van der Waals surface area contributed by atoms with Gasteiger partial charge in [0.15, 0.2) is 5.58 Å². The van der Waals surface area contributed by atoms with Crippen LogP contribution in [0.25, 0.3) is 116 Å². The third-order valence-electron chi connectivity index (χ3n) is 10.8. The summed E-state index contributed by atoms with van der Waals surface area (Å²) < 4.78 is 15.4. The molecule has 1 aliphatic rings. The summed E-state index contributed by atoms with van der Waals surface area (Å²) in [6.07, 6.45) is 0. The molecule has 8 aromatic carbocycles. The SMILES string of the molecule is Cc1cc2c3c(ccc4c3c3c(cccc3n4-c3ccc4oc5c6ccccc6c(-c6nc7ccccc7o6)cc5c4c3)-c3ccccc3-2)c1. The Balaban J connectivity index is 1.18. The molecule has 4 nitrogen and oxygen atoms in total. The highest BCUT2D eigenvalue weighted by Crippen LogP contribution is 2.50. The van der Waals surface area contributed by atoms with E-state index in [2.05, 4.69) is 127 Å². The normalized spacial score (nSPS) is 12.5. The molecule has 1 aliphatic carbocycles. The van der Waals surface area contributed by atoms with Gasteiger partial charge in [-0.1, -0.05) is 91.0 Å². The molecule has 232 valence electrons. The van der Waals surface area contributed by atoms with E-state index in [1.165, 1.54) is 60.4 Å². The second-order valence-electron chi connectivity index (χ2n) is 13.6. The molecule has 0 N–H and O–H groups in total. The lowest BCUT2D eigenvalue weighted by Crippen LogP contribution is -1.95. The summed E-state index contributed by atoms with van der Waals surface area (Å²) in [5.74, 6) is 0.609. The van der Waals surface area contributed by atoms with E-state index in [1.54, 1.807) is 0 Å². The van der Waals surface area contributed by atoms with Crippen molar-refractivity contribution in [3.05, 3.63) is 145 Å². The summed E-state index contributed by atoms with van der Waals surface area (Å²) in [4.78, 5) is 4.90. The van der Waals surface area contributed by atoms with Crippen molar-refractivity contribution in [2.24, 2.45) is 0 Å². The van der Waals surface area contributed by atoms with E-state index in [-0.39, 0.29) is 0 Å². The molecule has 4 heteroatoms. The molecule has 0 atom stereocenters. The Hall–Kier alpha value is -6.65. The van der Waals surface area contributed by atoms with Crippen LogP contribution in [0.15, 0.2) is 148 Å². The van der Waals surface area contributed by atoms with Gasteiger partial charge in [-0.25, -0.2) is 4.98 Å². The molecule has 0 spiro atoms. The lowest BCUT2D eigenvalue weighted by Gasteiger charge is -2.14. The van der Waals surface area contributed by atoms with Crippen LogP contribution in [0.4, 0.5) is 0 Å². The van der Waals surface area contributed by atoms with E-state index in [0.717, 1.165) is 55.1 Å². The lowest BCUT2D eigenvalue weighted by molar-refractivity contribution is 0.620. The van der Waals surface area contributed by atoms with Crippen molar-refractivity contribution < 1.29 is 8.83 Å². The highest BCUT2D eigenvalue weighted by atomic mass is 16.3. The van der Waals surface area contributed by atoms with Gasteiger partial charge in [-0.2, -0.15) is 0 Å². The predicted octanol–water partition coefficient (Wildman–Crippen LogP) is 12.8. The van der Waals surface area contributed by atoms with Gasteiger partial charge in [-0.05, 0) is 99.4 Å². The quantitative estimate of drug-likeness (QED) is 0.189. The summed E-state index contributed by atoms with van der Waals surface area (Å²) >= 11 is 0. The summed E-state index contributed by atoms with van der Waals surface area (Å²) in [5, 5.41) is 9.38. The molecule has 0 fully saturated rings. The molecular weight excluding hydrogens is 613 g/mol. The Kier molecular flexibility index (Phi) is 4.88. The van der Waals surface area contributed by atoms with Gasteiger partial charge in [0.05, 0.1) is 11.0 Å².